The van der Waals surface area contributed by atoms with E-state index in [2.05, 4.69) is 15.5 Å². The molecule has 1 aromatic carbocycles. The summed E-state index contributed by atoms with van der Waals surface area (Å²) in [5.41, 5.74) is 0.414. The van der Waals surface area contributed by atoms with Gasteiger partial charge in [-0.25, -0.2) is 12.8 Å². The van der Waals surface area contributed by atoms with Crippen LogP contribution in [0.3, 0.4) is 0 Å². The average Bonchev–Trinajstić information content (AvgIpc) is 3.12. The molecule has 0 bridgehead atoms. The zero-order valence-corrected chi connectivity index (χ0v) is 15.0. The van der Waals surface area contributed by atoms with Crippen molar-refractivity contribution >= 4 is 15.7 Å². The normalized spacial score (nSPS) is 15.7. The molecule has 0 atom stereocenters. The molecule has 1 aromatic heterocycles. The van der Waals surface area contributed by atoms with Crippen LogP contribution >= 0.6 is 0 Å². The summed E-state index contributed by atoms with van der Waals surface area (Å²) in [6, 6.07) is 5.14. The number of amides is 1. The third kappa shape index (κ3) is 4.66. The van der Waals surface area contributed by atoms with Crippen LogP contribution in [0.2, 0.25) is 0 Å². The lowest BCUT2D eigenvalue weighted by molar-refractivity contribution is -0.126. The Morgan fingerprint density at radius 3 is 2.54 bits per heavy atom. The van der Waals surface area contributed by atoms with Gasteiger partial charge in [0.1, 0.15) is 5.82 Å². The number of hydrogen-bond donors (Lipinski definition) is 1. The molecule has 3 rings (SSSR count). The van der Waals surface area contributed by atoms with Crippen LogP contribution in [0, 0.1) is 11.7 Å². The Balaban J connectivity index is 1.59. The van der Waals surface area contributed by atoms with Crippen LogP contribution in [-0.4, -0.2) is 24.5 Å². The smallest absolute Gasteiger partial charge is 0.335 e. The highest BCUT2D eigenvalue weighted by Gasteiger charge is 2.24. The number of halogens is 1. The summed E-state index contributed by atoms with van der Waals surface area (Å²) in [4.78, 5) is 12.1. The van der Waals surface area contributed by atoms with Crippen LogP contribution in [0.5, 0.6) is 0 Å². The molecule has 7 nitrogen and oxygen atoms in total. The summed E-state index contributed by atoms with van der Waals surface area (Å²) in [5, 5.41) is 9.45. The fourth-order valence-electron chi connectivity index (χ4n) is 2.97. The molecule has 0 saturated heterocycles. The SMILES string of the molecule is O=C(NCc1nnc(S(=O)(=O)Cc2ccc(F)cc2)o1)C1CCCCC1. The summed E-state index contributed by atoms with van der Waals surface area (Å²) in [5.74, 6) is -0.859. The van der Waals surface area contributed by atoms with Crippen molar-refractivity contribution in [1.29, 1.82) is 0 Å². The summed E-state index contributed by atoms with van der Waals surface area (Å²) in [6.07, 6.45) is 4.98. The minimum Gasteiger partial charge on any atom is -0.411 e. The van der Waals surface area contributed by atoms with E-state index >= 15 is 0 Å². The Hall–Kier alpha value is -2.29. The zero-order chi connectivity index (χ0) is 18.6. The molecule has 1 heterocycles. The van der Waals surface area contributed by atoms with E-state index in [9.17, 15) is 17.6 Å². The number of rotatable bonds is 6. The molecule has 0 unspecified atom stereocenters. The second kappa shape index (κ2) is 7.94. The van der Waals surface area contributed by atoms with E-state index in [1.54, 1.807) is 0 Å². The fraction of sp³-hybridized carbons (Fsp3) is 0.471. The first-order valence-corrected chi connectivity index (χ1v) is 10.2. The standard InChI is InChI=1S/C17H20FN3O4S/c18-14-8-6-12(7-9-14)11-26(23,24)17-21-20-15(25-17)10-19-16(22)13-4-2-1-3-5-13/h6-9,13H,1-5,10-11H2,(H,19,22). The predicted octanol–water partition coefficient (Wildman–Crippen LogP) is 2.38. The highest BCUT2D eigenvalue weighted by molar-refractivity contribution is 7.90. The van der Waals surface area contributed by atoms with Crippen molar-refractivity contribution < 1.29 is 22.0 Å². The van der Waals surface area contributed by atoms with Gasteiger partial charge in [0.05, 0.1) is 12.3 Å². The molecule has 140 valence electrons. The Morgan fingerprint density at radius 2 is 1.85 bits per heavy atom. The molecule has 0 radical (unpaired) electrons. The van der Waals surface area contributed by atoms with Gasteiger partial charge in [-0.2, -0.15) is 0 Å². The van der Waals surface area contributed by atoms with Crippen LogP contribution in [0.1, 0.15) is 43.6 Å². The number of carbonyl (C=O) groups is 1. The van der Waals surface area contributed by atoms with E-state index in [1.165, 1.54) is 24.3 Å². The molecule has 2 aromatic rings. The number of sulfone groups is 1. The van der Waals surface area contributed by atoms with E-state index in [0.29, 0.717) is 5.56 Å². The predicted molar refractivity (Wildman–Crippen MR) is 90.0 cm³/mol. The van der Waals surface area contributed by atoms with Crippen molar-refractivity contribution in [2.45, 2.75) is 49.6 Å². The first-order valence-electron chi connectivity index (χ1n) is 8.51. The van der Waals surface area contributed by atoms with E-state index in [4.69, 9.17) is 4.42 Å². The first kappa shape index (κ1) is 18.5. The van der Waals surface area contributed by atoms with Crippen LogP contribution in [0.15, 0.2) is 33.9 Å². The van der Waals surface area contributed by atoms with Gasteiger partial charge < -0.3 is 9.73 Å². The van der Waals surface area contributed by atoms with Crippen molar-refractivity contribution in [3.05, 3.63) is 41.5 Å². The van der Waals surface area contributed by atoms with E-state index in [0.717, 1.165) is 32.1 Å². The maximum absolute atomic E-state index is 12.9. The third-order valence-corrected chi connectivity index (χ3v) is 5.78. The second-order valence-corrected chi connectivity index (χ2v) is 8.27. The molecular formula is C17H20FN3O4S. The lowest BCUT2D eigenvalue weighted by Crippen LogP contribution is -2.31. The largest absolute Gasteiger partial charge is 0.411 e. The second-order valence-electron chi connectivity index (χ2n) is 6.40. The molecule has 0 aliphatic heterocycles. The van der Waals surface area contributed by atoms with Crippen molar-refractivity contribution in [2.24, 2.45) is 5.92 Å². The van der Waals surface area contributed by atoms with Gasteiger partial charge in [0.15, 0.2) is 0 Å². The number of nitrogens with zero attached hydrogens (tertiary/aromatic N) is 2. The van der Waals surface area contributed by atoms with Crippen LogP contribution in [-0.2, 0) is 26.9 Å². The molecule has 26 heavy (non-hydrogen) atoms. The van der Waals surface area contributed by atoms with Crippen LogP contribution in [0.25, 0.3) is 0 Å². The van der Waals surface area contributed by atoms with Crippen molar-refractivity contribution in [2.75, 3.05) is 0 Å². The van der Waals surface area contributed by atoms with Gasteiger partial charge in [0.2, 0.25) is 21.6 Å². The number of benzene rings is 1. The maximum Gasteiger partial charge on any atom is 0.335 e. The average molecular weight is 381 g/mol. The first-order chi connectivity index (χ1) is 12.4. The Morgan fingerprint density at radius 1 is 1.15 bits per heavy atom. The molecule has 0 spiro atoms. The molecule has 1 aliphatic carbocycles. The quantitative estimate of drug-likeness (QED) is 0.824. The summed E-state index contributed by atoms with van der Waals surface area (Å²) >= 11 is 0. The number of hydrogen-bond acceptors (Lipinski definition) is 6. The Labute approximate surface area is 150 Å². The van der Waals surface area contributed by atoms with E-state index in [-0.39, 0.29) is 30.0 Å². The summed E-state index contributed by atoms with van der Waals surface area (Å²) in [6.45, 7) is -0.00555. The van der Waals surface area contributed by atoms with E-state index in [1.807, 2.05) is 0 Å². The van der Waals surface area contributed by atoms with Crippen molar-refractivity contribution in [3.63, 3.8) is 0 Å². The van der Waals surface area contributed by atoms with Crippen LogP contribution < -0.4 is 5.32 Å². The Kier molecular flexibility index (Phi) is 5.65. The van der Waals surface area contributed by atoms with E-state index < -0.39 is 20.9 Å². The third-order valence-electron chi connectivity index (χ3n) is 4.37. The number of nitrogens with one attached hydrogen (secondary N) is 1. The fourth-order valence-corrected chi connectivity index (χ4v) is 4.11. The highest BCUT2D eigenvalue weighted by Crippen LogP contribution is 2.23. The monoisotopic (exact) mass is 381 g/mol. The number of carbonyl (C=O) groups excluding carboxylic acids is 1. The maximum atomic E-state index is 12.9. The van der Waals surface area contributed by atoms with Gasteiger partial charge in [-0.05, 0) is 30.5 Å². The molecule has 1 amide bonds. The van der Waals surface area contributed by atoms with Crippen molar-refractivity contribution in [3.8, 4) is 0 Å². The summed E-state index contributed by atoms with van der Waals surface area (Å²) < 4.78 is 42.7. The zero-order valence-electron chi connectivity index (χ0n) is 14.2. The Bertz CT molecular complexity index is 858. The molecule has 9 heteroatoms. The molecular weight excluding hydrogens is 361 g/mol. The van der Waals surface area contributed by atoms with Gasteiger partial charge in [0, 0.05) is 5.92 Å². The molecule has 1 fully saturated rings. The highest BCUT2D eigenvalue weighted by atomic mass is 32.2. The minimum atomic E-state index is -3.84. The van der Waals surface area contributed by atoms with Crippen LogP contribution in [0.4, 0.5) is 4.39 Å². The molecule has 1 N–H and O–H groups in total. The van der Waals surface area contributed by atoms with Gasteiger partial charge in [-0.1, -0.05) is 36.5 Å². The van der Waals surface area contributed by atoms with Gasteiger partial charge in [-0.15, -0.1) is 5.10 Å². The van der Waals surface area contributed by atoms with Gasteiger partial charge in [0.25, 0.3) is 0 Å². The lowest BCUT2D eigenvalue weighted by Gasteiger charge is -2.20. The minimum absolute atomic E-state index is 0.00555. The topological polar surface area (TPSA) is 102 Å². The van der Waals surface area contributed by atoms with Gasteiger partial charge >= 0.3 is 5.22 Å². The molecule has 1 saturated carbocycles. The lowest BCUT2D eigenvalue weighted by atomic mass is 9.89. The van der Waals surface area contributed by atoms with Gasteiger partial charge in [-0.3, -0.25) is 4.79 Å². The number of aromatic nitrogens is 2. The summed E-state index contributed by atoms with van der Waals surface area (Å²) in [7, 11) is -3.84. The van der Waals surface area contributed by atoms with Crippen molar-refractivity contribution in [1.82, 2.24) is 15.5 Å². The molecule has 1 aliphatic rings.